The maximum absolute atomic E-state index is 11.3. The van der Waals surface area contributed by atoms with E-state index in [0.717, 1.165) is 30.6 Å². The number of carbonyl (C=O) groups excluding carboxylic acids is 1. The molecule has 4 rings (SSSR count). The third-order valence-electron chi connectivity index (χ3n) is 7.88. The highest BCUT2D eigenvalue weighted by atomic mass is 127. The number of rotatable bonds is 1. The summed E-state index contributed by atoms with van der Waals surface area (Å²) in [5, 5.41) is 0. The van der Waals surface area contributed by atoms with E-state index in [4.69, 9.17) is 4.74 Å². The van der Waals surface area contributed by atoms with Gasteiger partial charge in [0.15, 0.2) is 0 Å². The van der Waals surface area contributed by atoms with Crippen LogP contribution in [0.4, 0.5) is 0 Å². The molecule has 6 atom stereocenters. The van der Waals surface area contributed by atoms with Crippen LogP contribution in [0.3, 0.4) is 0 Å². The fourth-order valence-corrected chi connectivity index (χ4v) is 7.40. The van der Waals surface area contributed by atoms with Crippen molar-refractivity contribution in [1.82, 2.24) is 0 Å². The summed E-state index contributed by atoms with van der Waals surface area (Å²) < 4.78 is 7.14. The minimum atomic E-state index is -0.127. The lowest BCUT2D eigenvalue weighted by molar-refractivity contribution is -0.148. The van der Waals surface area contributed by atoms with Crippen molar-refractivity contribution >= 4 is 28.6 Å². The molecule has 0 heterocycles. The van der Waals surface area contributed by atoms with Crippen molar-refractivity contribution in [3.05, 3.63) is 21.3 Å². The number of ether oxygens (including phenoxy) is 1. The average molecular weight is 440 g/mol. The standard InChI is InChI=1S/C21H29IO2/c1-13(23)24-15-8-10-20(2)14(12-15)4-5-16-17-6-7-19(22)21(17,3)11-9-18(16)20/h4,7,15-18H,5-6,8-12H2,1-3H3/t15-,16-,17-,18-,20+,21-/m1/s1. The van der Waals surface area contributed by atoms with E-state index in [2.05, 4.69) is 48.6 Å². The van der Waals surface area contributed by atoms with Gasteiger partial charge in [-0.3, -0.25) is 4.79 Å². The third kappa shape index (κ3) is 2.44. The highest BCUT2D eigenvalue weighted by molar-refractivity contribution is 14.1. The van der Waals surface area contributed by atoms with E-state index in [1.165, 1.54) is 39.0 Å². The largest absolute Gasteiger partial charge is 0.462 e. The van der Waals surface area contributed by atoms with Crippen LogP contribution in [-0.2, 0) is 9.53 Å². The van der Waals surface area contributed by atoms with Gasteiger partial charge in [0.05, 0.1) is 0 Å². The lowest BCUT2D eigenvalue weighted by Gasteiger charge is -2.57. The van der Waals surface area contributed by atoms with Gasteiger partial charge in [-0.1, -0.05) is 31.6 Å². The molecule has 24 heavy (non-hydrogen) atoms. The SMILES string of the molecule is CC(=O)O[C@@H]1CC[C@@]2(C)C(=CC[C@@H]3[C@H]4CC=C(I)[C@]4(C)CC[C@H]32)C1. The van der Waals surface area contributed by atoms with Gasteiger partial charge < -0.3 is 4.74 Å². The fourth-order valence-electron chi connectivity index (χ4n) is 6.48. The summed E-state index contributed by atoms with van der Waals surface area (Å²) in [4.78, 5) is 11.3. The zero-order chi connectivity index (χ0) is 17.1. The third-order valence-corrected chi connectivity index (χ3v) is 9.55. The van der Waals surface area contributed by atoms with Gasteiger partial charge in [0.1, 0.15) is 6.10 Å². The van der Waals surface area contributed by atoms with E-state index in [-0.39, 0.29) is 12.1 Å². The summed E-state index contributed by atoms with van der Waals surface area (Å²) in [6.07, 6.45) is 13.6. The normalized spacial score (nSPS) is 47.0. The van der Waals surface area contributed by atoms with Gasteiger partial charge in [0, 0.05) is 18.8 Å². The van der Waals surface area contributed by atoms with Crippen LogP contribution in [0, 0.1) is 28.6 Å². The Morgan fingerprint density at radius 1 is 1.12 bits per heavy atom. The van der Waals surface area contributed by atoms with E-state index in [9.17, 15) is 4.79 Å². The van der Waals surface area contributed by atoms with Crippen LogP contribution >= 0.6 is 22.6 Å². The quantitative estimate of drug-likeness (QED) is 0.292. The van der Waals surface area contributed by atoms with Crippen molar-refractivity contribution in [3.8, 4) is 0 Å². The maximum atomic E-state index is 11.3. The van der Waals surface area contributed by atoms with Crippen molar-refractivity contribution in [2.45, 2.75) is 71.8 Å². The second-order valence-corrected chi connectivity index (χ2v) is 10.1. The van der Waals surface area contributed by atoms with Crippen LogP contribution in [-0.4, -0.2) is 12.1 Å². The molecule has 4 aliphatic carbocycles. The monoisotopic (exact) mass is 440 g/mol. The van der Waals surface area contributed by atoms with E-state index < -0.39 is 0 Å². The van der Waals surface area contributed by atoms with Gasteiger partial charge >= 0.3 is 5.97 Å². The minimum absolute atomic E-state index is 0.112. The lowest BCUT2D eigenvalue weighted by Crippen LogP contribution is -2.49. The summed E-state index contributed by atoms with van der Waals surface area (Å²) in [5.41, 5.74) is 2.37. The number of hydrogen-bond acceptors (Lipinski definition) is 2. The molecular weight excluding hydrogens is 411 g/mol. The Bertz CT molecular complexity index is 621. The van der Waals surface area contributed by atoms with Gasteiger partial charge in [-0.15, -0.1) is 0 Å². The van der Waals surface area contributed by atoms with E-state index in [1.807, 2.05) is 0 Å². The molecule has 2 fully saturated rings. The summed E-state index contributed by atoms with van der Waals surface area (Å²) in [5.74, 6) is 2.37. The molecule has 0 bridgehead atoms. The van der Waals surface area contributed by atoms with Gasteiger partial charge in [0.2, 0.25) is 0 Å². The number of esters is 1. The van der Waals surface area contributed by atoms with Gasteiger partial charge in [-0.2, -0.15) is 0 Å². The summed E-state index contributed by atoms with van der Waals surface area (Å²) in [6, 6.07) is 0. The van der Waals surface area contributed by atoms with Crippen molar-refractivity contribution < 1.29 is 9.53 Å². The molecule has 0 unspecified atom stereocenters. The summed E-state index contributed by atoms with van der Waals surface area (Å²) >= 11 is 2.60. The van der Waals surface area contributed by atoms with Crippen molar-refractivity contribution in [2.24, 2.45) is 28.6 Å². The van der Waals surface area contributed by atoms with Gasteiger partial charge in [0.25, 0.3) is 0 Å². The average Bonchev–Trinajstić information content (AvgIpc) is 2.83. The van der Waals surface area contributed by atoms with Crippen molar-refractivity contribution in [3.63, 3.8) is 0 Å². The predicted octanol–water partition coefficient (Wildman–Crippen LogP) is 5.81. The van der Waals surface area contributed by atoms with E-state index in [0.29, 0.717) is 10.8 Å². The molecule has 0 amide bonds. The molecule has 2 nitrogen and oxygen atoms in total. The number of fused-ring (bicyclic) bond motifs is 5. The fraction of sp³-hybridized carbons (Fsp3) is 0.762. The molecule has 3 heteroatoms. The molecule has 2 saturated carbocycles. The van der Waals surface area contributed by atoms with Crippen LogP contribution < -0.4 is 0 Å². The summed E-state index contributed by atoms with van der Waals surface area (Å²) in [6.45, 7) is 6.56. The topological polar surface area (TPSA) is 26.3 Å². The highest BCUT2D eigenvalue weighted by Gasteiger charge is 2.56. The van der Waals surface area contributed by atoms with E-state index in [1.54, 1.807) is 9.15 Å². The summed E-state index contributed by atoms with van der Waals surface area (Å²) in [7, 11) is 0. The Hall–Kier alpha value is -0.320. The zero-order valence-electron chi connectivity index (χ0n) is 15.1. The Labute approximate surface area is 159 Å². The predicted molar refractivity (Wildman–Crippen MR) is 105 cm³/mol. The van der Waals surface area contributed by atoms with Crippen LogP contribution in [0.15, 0.2) is 21.3 Å². The first kappa shape index (κ1) is 17.1. The van der Waals surface area contributed by atoms with E-state index >= 15 is 0 Å². The molecule has 0 aromatic rings. The molecular formula is C21H29IO2. The first-order valence-corrected chi connectivity index (χ1v) is 10.7. The smallest absolute Gasteiger partial charge is 0.302 e. The number of allylic oxidation sites excluding steroid dienone is 3. The first-order chi connectivity index (χ1) is 11.3. The molecule has 132 valence electrons. The Kier molecular flexibility index (Phi) is 4.17. The van der Waals surface area contributed by atoms with Crippen molar-refractivity contribution in [1.29, 1.82) is 0 Å². The number of halogens is 1. The number of carbonyl (C=O) groups is 1. The molecule has 4 aliphatic rings. The first-order valence-electron chi connectivity index (χ1n) is 9.57. The Balaban J connectivity index is 1.59. The minimum Gasteiger partial charge on any atom is -0.462 e. The second kappa shape index (κ2) is 5.85. The molecule has 0 aliphatic heterocycles. The lowest BCUT2D eigenvalue weighted by atomic mass is 9.48. The molecule has 0 spiro atoms. The maximum Gasteiger partial charge on any atom is 0.302 e. The zero-order valence-corrected chi connectivity index (χ0v) is 17.3. The van der Waals surface area contributed by atoms with Crippen LogP contribution in [0.2, 0.25) is 0 Å². The van der Waals surface area contributed by atoms with Crippen LogP contribution in [0.1, 0.15) is 65.7 Å². The molecule has 0 aromatic heterocycles. The molecule has 0 aromatic carbocycles. The van der Waals surface area contributed by atoms with Gasteiger partial charge in [-0.25, -0.2) is 0 Å². The van der Waals surface area contributed by atoms with Crippen LogP contribution in [0.25, 0.3) is 0 Å². The Morgan fingerprint density at radius 2 is 1.88 bits per heavy atom. The van der Waals surface area contributed by atoms with Crippen LogP contribution in [0.5, 0.6) is 0 Å². The molecule has 0 radical (unpaired) electrons. The molecule has 0 saturated heterocycles. The second-order valence-electron chi connectivity index (χ2n) is 8.98. The number of hydrogen-bond donors (Lipinski definition) is 0. The Morgan fingerprint density at radius 3 is 2.62 bits per heavy atom. The van der Waals surface area contributed by atoms with Crippen molar-refractivity contribution in [2.75, 3.05) is 0 Å². The van der Waals surface area contributed by atoms with Gasteiger partial charge in [-0.05, 0) is 87.9 Å². The molecule has 0 N–H and O–H groups in total. The highest BCUT2D eigenvalue weighted by Crippen LogP contribution is 2.65.